The van der Waals surface area contributed by atoms with Crippen LogP contribution in [-0.2, 0) is 0 Å². The van der Waals surface area contributed by atoms with Crippen LogP contribution in [0.15, 0.2) is 134 Å². The molecule has 170 valence electrons. The van der Waals surface area contributed by atoms with Crippen molar-refractivity contribution in [2.24, 2.45) is 0 Å². The van der Waals surface area contributed by atoms with E-state index in [-0.39, 0.29) is 0 Å². The third-order valence-corrected chi connectivity index (χ3v) is 6.36. The number of fused-ring (bicyclic) bond motifs is 1. The Balaban J connectivity index is 1.52. The van der Waals surface area contributed by atoms with E-state index < -0.39 is 0 Å². The Hall–Kier alpha value is -4.28. The summed E-state index contributed by atoms with van der Waals surface area (Å²) in [5.41, 5.74) is 9.31. The molecule has 0 fully saturated rings. The largest absolute Gasteiger partial charge is 0.311 e. The molecule has 0 atom stereocenters. The van der Waals surface area contributed by atoms with Gasteiger partial charge in [-0.25, -0.2) is 0 Å². The van der Waals surface area contributed by atoms with Crippen LogP contribution in [0.2, 0.25) is 0 Å². The number of nitrogens with zero attached hydrogens (tertiary/aromatic N) is 3. The molecule has 35 heavy (non-hydrogen) atoms. The zero-order valence-electron chi connectivity index (χ0n) is 19.5. The first-order chi connectivity index (χ1) is 17.3. The van der Waals surface area contributed by atoms with Crippen molar-refractivity contribution in [1.29, 1.82) is 0 Å². The Morgan fingerprint density at radius 1 is 0.686 bits per heavy atom. The molecule has 4 heteroatoms. The molecule has 0 N–H and O–H groups in total. The lowest BCUT2D eigenvalue weighted by molar-refractivity contribution is 1.22. The fourth-order valence-corrected chi connectivity index (χ4v) is 4.72. The van der Waals surface area contributed by atoms with E-state index in [4.69, 9.17) is 0 Å². The minimum atomic E-state index is 0.889. The maximum absolute atomic E-state index is 4.65. The van der Waals surface area contributed by atoms with Crippen molar-refractivity contribution in [3.05, 3.63) is 134 Å². The molecule has 0 bridgehead atoms. The van der Waals surface area contributed by atoms with Gasteiger partial charge >= 0.3 is 0 Å². The summed E-state index contributed by atoms with van der Waals surface area (Å²) in [4.78, 5) is 2.16. The molecule has 5 rings (SSSR count). The van der Waals surface area contributed by atoms with Gasteiger partial charge in [0.25, 0.3) is 0 Å². The summed E-state index contributed by atoms with van der Waals surface area (Å²) >= 11 is 1.26. The standard InChI is InChI=1S/C31H25N3S/c1-3-4-7-12-23(2)34(26-15-10-6-11-16-26)27-19-17-25(18-20-27)29-22-21-28(24-13-8-5-9-14-24)30-31(29)33-35-32-30/h3-22H,2H2,1H3/b4-3-,12-7-. The van der Waals surface area contributed by atoms with Gasteiger partial charge in [0.05, 0.1) is 11.7 Å². The van der Waals surface area contributed by atoms with Gasteiger partial charge in [0.15, 0.2) is 0 Å². The summed E-state index contributed by atoms with van der Waals surface area (Å²) in [6.45, 7) is 6.32. The van der Waals surface area contributed by atoms with Crippen LogP contribution in [0.5, 0.6) is 0 Å². The summed E-state index contributed by atoms with van der Waals surface area (Å²) in [5.74, 6) is 0. The van der Waals surface area contributed by atoms with Crippen molar-refractivity contribution in [2.45, 2.75) is 6.92 Å². The van der Waals surface area contributed by atoms with Crippen LogP contribution in [-0.4, -0.2) is 8.75 Å². The molecule has 1 heterocycles. The molecule has 0 amide bonds. The van der Waals surface area contributed by atoms with Crippen molar-refractivity contribution in [3.63, 3.8) is 0 Å². The Morgan fingerprint density at radius 3 is 1.83 bits per heavy atom. The van der Waals surface area contributed by atoms with Gasteiger partial charge in [-0.1, -0.05) is 97.6 Å². The smallest absolute Gasteiger partial charge is 0.113 e. The van der Waals surface area contributed by atoms with Crippen LogP contribution in [0.4, 0.5) is 11.4 Å². The molecule has 0 aliphatic heterocycles. The summed E-state index contributed by atoms with van der Waals surface area (Å²) in [6.07, 6.45) is 8.03. The Bertz CT molecular complexity index is 1500. The molecule has 0 aliphatic carbocycles. The van der Waals surface area contributed by atoms with Gasteiger partial charge in [-0.3, -0.25) is 0 Å². The molecule has 0 saturated carbocycles. The Morgan fingerprint density at radius 2 is 1.23 bits per heavy atom. The SMILES string of the molecule is C=C(/C=C\C=C/C)N(c1ccccc1)c1ccc(-c2ccc(-c3ccccc3)c3nsnc23)cc1. The molecule has 5 aromatic rings. The Kier molecular flexibility index (Phi) is 6.64. The van der Waals surface area contributed by atoms with E-state index in [9.17, 15) is 0 Å². The van der Waals surface area contributed by atoms with Crippen LogP contribution in [0, 0.1) is 0 Å². The highest BCUT2D eigenvalue weighted by Gasteiger charge is 2.15. The summed E-state index contributed by atoms with van der Waals surface area (Å²) in [6, 6.07) is 33.5. The lowest BCUT2D eigenvalue weighted by Crippen LogP contribution is -2.14. The predicted molar refractivity (Wildman–Crippen MR) is 150 cm³/mol. The Labute approximate surface area is 210 Å². The lowest BCUT2D eigenvalue weighted by Gasteiger charge is -2.25. The second-order valence-corrected chi connectivity index (χ2v) is 8.61. The number of benzene rings is 4. The third-order valence-electron chi connectivity index (χ3n) is 5.83. The van der Waals surface area contributed by atoms with Crippen molar-refractivity contribution in [2.75, 3.05) is 4.90 Å². The van der Waals surface area contributed by atoms with E-state index >= 15 is 0 Å². The first-order valence-corrected chi connectivity index (χ1v) is 12.2. The molecule has 0 saturated heterocycles. The fraction of sp³-hybridized carbons (Fsp3) is 0.0323. The highest BCUT2D eigenvalue weighted by Crippen LogP contribution is 2.36. The van der Waals surface area contributed by atoms with Gasteiger partial charge in [0.2, 0.25) is 0 Å². The van der Waals surface area contributed by atoms with E-state index in [0.29, 0.717) is 0 Å². The lowest BCUT2D eigenvalue weighted by atomic mass is 9.97. The normalized spacial score (nSPS) is 11.5. The van der Waals surface area contributed by atoms with Gasteiger partial charge in [-0.2, -0.15) is 8.75 Å². The monoisotopic (exact) mass is 471 g/mol. The van der Waals surface area contributed by atoms with Crippen LogP contribution in [0.25, 0.3) is 33.3 Å². The maximum Gasteiger partial charge on any atom is 0.113 e. The zero-order valence-corrected chi connectivity index (χ0v) is 20.3. The second-order valence-electron chi connectivity index (χ2n) is 8.08. The van der Waals surface area contributed by atoms with Crippen LogP contribution >= 0.6 is 11.7 Å². The van der Waals surface area contributed by atoms with E-state index in [0.717, 1.165) is 50.4 Å². The highest BCUT2D eigenvalue weighted by atomic mass is 32.1. The molecule has 1 aromatic heterocycles. The minimum Gasteiger partial charge on any atom is -0.311 e. The van der Waals surface area contributed by atoms with Gasteiger partial charge in [0.1, 0.15) is 11.0 Å². The van der Waals surface area contributed by atoms with Gasteiger partial charge in [-0.15, -0.1) is 0 Å². The molecule has 0 unspecified atom stereocenters. The second kappa shape index (κ2) is 10.3. The molecule has 4 aromatic carbocycles. The maximum atomic E-state index is 4.65. The molecular formula is C31H25N3S. The van der Waals surface area contributed by atoms with Gasteiger partial charge < -0.3 is 4.90 Å². The average Bonchev–Trinajstić information content (AvgIpc) is 3.40. The van der Waals surface area contributed by atoms with Crippen LogP contribution in [0.1, 0.15) is 6.92 Å². The minimum absolute atomic E-state index is 0.889. The van der Waals surface area contributed by atoms with Gasteiger partial charge in [0, 0.05) is 28.2 Å². The summed E-state index contributed by atoms with van der Waals surface area (Å²) < 4.78 is 9.27. The number of rotatable bonds is 7. The van der Waals surface area contributed by atoms with Crippen LogP contribution < -0.4 is 4.90 Å². The van der Waals surface area contributed by atoms with Gasteiger partial charge in [-0.05, 0) is 48.4 Å². The zero-order chi connectivity index (χ0) is 24.0. The summed E-state index contributed by atoms with van der Waals surface area (Å²) in [5, 5.41) is 0. The number of anilines is 2. The van der Waals surface area contributed by atoms with E-state index in [1.54, 1.807) is 0 Å². The number of allylic oxidation sites excluding steroid dienone is 4. The number of hydrogen-bond donors (Lipinski definition) is 0. The molecule has 0 aliphatic rings. The number of aromatic nitrogens is 2. The van der Waals surface area contributed by atoms with Crippen LogP contribution in [0.3, 0.4) is 0 Å². The number of hydrogen-bond acceptors (Lipinski definition) is 4. The molecule has 3 nitrogen and oxygen atoms in total. The first kappa shape index (κ1) is 22.5. The third kappa shape index (κ3) is 4.70. The van der Waals surface area contributed by atoms with E-state index in [1.165, 1.54) is 11.7 Å². The van der Waals surface area contributed by atoms with Crippen molar-refractivity contribution >= 4 is 34.1 Å². The van der Waals surface area contributed by atoms with Crippen molar-refractivity contribution < 1.29 is 0 Å². The average molecular weight is 472 g/mol. The van der Waals surface area contributed by atoms with Crippen molar-refractivity contribution in [1.82, 2.24) is 8.75 Å². The molecular weight excluding hydrogens is 446 g/mol. The summed E-state index contributed by atoms with van der Waals surface area (Å²) in [7, 11) is 0. The van der Waals surface area contributed by atoms with E-state index in [1.807, 2.05) is 67.6 Å². The van der Waals surface area contributed by atoms with Crippen molar-refractivity contribution in [3.8, 4) is 22.3 Å². The highest BCUT2D eigenvalue weighted by molar-refractivity contribution is 7.00. The molecule has 0 spiro atoms. The fourth-order valence-electron chi connectivity index (χ4n) is 4.15. The number of para-hydroxylation sites is 1. The topological polar surface area (TPSA) is 29.0 Å². The predicted octanol–water partition coefficient (Wildman–Crippen LogP) is 8.81. The van der Waals surface area contributed by atoms with E-state index in [2.05, 4.69) is 80.9 Å². The molecule has 0 radical (unpaired) electrons. The quantitative estimate of drug-likeness (QED) is 0.222. The first-order valence-electron chi connectivity index (χ1n) is 11.5.